The summed E-state index contributed by atoms with van der Waals surface area (Å²) in [6.45, 7) is 0.454. The van der Waals surface area contributed by atoms with Crippen LogP contribution in [-0.2, 0) is 5.41 Å². The van der Waals surface area contributed by atoms with Crippen LogP contribution in [0.15, 0.2) is 55.0 Å². The van der Waals surface area contributed by atoms with E-state index in [1.807, 2.05) is 0 Å². The highest BCUT2D eigenvalue weighted by Gasteiger charge is 2.41. The molecule has 0 radical (unpaired) electrons. The maximum atomic E-state index is 14.2. The Bertz CT molecular complexity index is 1020. The first-order chi connectivity index (χ1) is 14.1. The zero-order valence-electron chi connectivity index (χ0n) is 15.5. The van der Waals surface area contributed by atoms with Crippen molar-refractivity contribution in [2.45, 2.75) is 24.7 Å². The Morgan fingerprint density at radius 1 is 1.07 bits per heavy atom. The van der Waals surface area contributed by atoms with Crippen molar-refractivity contribution in [1.82, 2.24) is 15.0 Å². The molecule has 1 aliphatic rings. The summed E-state index contributed by atoms with van der Waals surface area (Å²) in [6.07, 6.45) is 7.06. The maximum absolute atomic E-state index is 14.2. The minimum Gasteiger partial charge on any atom is -0.353 e. The van der Waals surface area contributed by atoms with Gasteiger partial charge >= 0.3 is 0 Å². The highest BCUT2D eigenvalue weighted by Crippen LogP contribution is 2.43. The van der Waals surface area contributed by atoms with E-state index in [-0.39, 0.29) is 16.8 Å². The van der Waals surface area contributed by atoms with Gasteiger partial charge in [0.25, 0.3) is 5.91 Å². The topological polar surface area (TPSA) is 79.8 Å². The van der Waals surface area contributed by atoms with Gasteiger partial charge in [-0.25, -0.2) is 18.7 Å². The predicted molar refractivity (Wildman–Crippen MR) is 105 cm³/mol. The number of nitrogens with zero attached hydrogens (tertiary/aromatic N) is 3. The minimum atomic E-state index is -0.437. The number of amides is 1. The molecule has 1 aromatic carbocycles. The Morgan fingerprint density at radius 3 is 2.52 bits per heavy atom. The molecule has 1 saturated carbocycles. The van der Waals surface area contributed by atoms with Gasteiger partial charge in [0.1, 0.15) is 11.6 Å². The number of carbonyl (C=O) groups excluding carboxylic acids is 1. The zero-order chi connectivity index (χ0) is 20.3. The summed E-state index contributed by atoms with van der Waals surface area (Å²) in [4.78, 5) is 24.8. The summed E-state index contributed by atoms with van der Waals surface area (Å²) in [5, 5.41) is 5.72. The van der Waals surface area contributed by atoms with E-state index in [4.69, 9.17) is 0 Å². The molecule has 8 heteroatoms. The number of benzene rings is 1. The van der Waals surface area contributed by atoms with E-state index >= 15 is 0 Å². The van der Waals surface area contributed by atoms with Gasteiger partial charge in [0.15, 0.2) is 0 Å². The molecule has 0 bridgehead atoms. The van der Waals surface area contributed by atoms with Crippen molar-refractivity contribution in [2.75, 3.05) is 17.2 Å². The molecular weight excluding hydrogens is 376 g/mol. The van der Waals surface area contributed by atoms with Crippen LogP contribution in [-0.4, -0.2) is 27.4 Å². The molecule has 2 N–H and O–H groups in total. The Hall–Kier alpha value is -3.42. The Kier molecular flexibility index (Phi) is 5.16. The van der Waals surface area contributed by atoms with Crippen molar-refractivity contribution >= 4 is 17.5 Å². The second kappa shape index (κ2) is 7.90. The number of carbonyl (C=O) groups is 1. The zero-order valence-corrected chi connectivity index (χ0v) is 15.5. The summed E-state index contributed by atoms with van der Waals surface area (Å²) in [5.74, 6) is -0.838. The fraction of sp³-hybridized carbons (Fsp3) is 0.238. The predicted octanol–water partition coefficient (Wildman–Crippen LogP) is 3.94. The molecular formula is C21H19F2N5O. The molecule has 0 saturated heterocycles. The first-order valence-corrected chi connectivity index (χ1v) is 9.30. The lowest BCUT2D eigenvalue weighted by Crippen LogP contribution is -2.42. The number of pyridine rings is 1. The molecule has 1 fully saturated rings. The van der Waals surface area contributed by atoms with Gasteiger partial charge in [0.05, 0.1) is 11.3 Å². The maximum Gasteiger partial charge on any atom is 0.258 e. The summed E-state index contributed by atoms with van der Waals surface area (Å²) < 4.78 is 27.4. The second-order valence-corrected chi connectivity index (χ2v) is 7.08. The van der Waals surface area contributed by atoms with Crippen LogP contribution in [0.2, 0.25) is 0 Å². The Labute approximate surface area is 166 Å². The van der Waals surface area contributed by atoms with Crippen molar-refractivity contribution < 1.29 is 13.6 Å². The quantitative estimate of drug-likeness (QED) is 0.661. The Balaban J connectivity index is 1.41. The first-order valence-electron chi connectivity index (χ1n) is 9.30. The highest BCUT2D eigenvalue weighted by atomic mass is 19.1. The third-order valence-corrected chi connectivity index (χ3v) is 5.15. The normalized spacial score (nSPS) is 14.7. The standard InChI is InChI=1S/C21H19F2N5O/c22-15-4-1-5-16(10-15)28-19(29)14-11-25-20(26-12-14)27-13-21(7-3-8-21)18-17(23)6-2-9-24-18/h1-2,4-6,9-12H,3,7-8,13H2,(H,28,29)(H,25,26,27). The van der Waals surface area contributed by atoms with E-state index in [2.05, 4.69) is 25.6 Å². The van der Waals surface area contributed by atoms with E-state index in [9.17, 15) is 13.6 Å². The molecule has 2 aromatic heterocycles. The van der Waals surface area contributed by atoms with Gasteiger partial charge in [-0.15, -0.1) is 0 Å². The number of rotatable bonds is 6. The molecule has 1 amide bonds. The largest absolute Gasteiger partial charge is 0.353 e. The van der Waals surface area contributed by atoms with Gasteiger partial charge in [-0.3, -0.25) is 9.78 Å². The fourth-order valence-electron chi connectivity index (χ4n) is 3.43. The molecule has 6 nitrogen and oxygen atoms in total. The number of anilines is 2. The van der Waals surface area contributed by atoms with Crippen LogP contribution in [0.5, 0.6) is 0 Å². The number of halogens is 2. The van der Waals surface area contributed by atoms with Crippen molar-refractivity contribution in [1.29, 1.82) is 0 Å². The number of hydrogen-bond donors (Lipinski definition) is 2. The summed E-state index contributed by atoms with van der Waals surface area (Å²) in [5.41, 5.74) is 0.683. The number of aromatic nitrogens is 3. The van der Waals surface area contributed by atoms with E-state index in [0.717, 1.165) is 19.3 Å². The van der Waals surface area contributed by atoms with Crippen LogP contribution in [0.3, 0.4) is 0 Å². The average Bonchev–Trinajstić information content (AvgIpc) is 2.69. The minimum absolute atomic E-state index is 0.244. The van der Waals surface area contributed by atoms with Crippen LogP contribution < -0.4 is 10.6 Å². The van der Waals surface area contributed by atoms with Gasteiger partial charge in [-0.05, 0) is 43.2 Å². The summed E-state index contributed by atoms with van der Waals surface area (Å²) >= 11 is 0. The molecule has 0 aliphatic heterocycles. The van der Waals surface area contributed by atoms with Crippen molar-refractivity contribution in [3.63, 3.8) is 0 Å². The van der Waals surface area contributed by atoms with Gasteiger partial charge in [0.2, 0.25) is 5.95 Å². The van der Waals surface area contributed by atoms with E-state index in [0.29, 0.717) is 23.9 Å². The molecule has 2 heterocycles. The van der Waals surface area contributed by atoms with E-state index in [1.165, 1.54) is 36.7 Å². The third-order valence-electron chi connectivity index (χ3n) is 5.15. The first kappa shape index (κ1) is 18.9. The van der Waals surface area contributed by atoms with Gasteiger partial charge < -0.3 is 10.6 Å². The van der Waals surface area contributed by atoms with Crippen LogP contribution in [0, 0.1) is 11.6 Å². The van der Waals surface area contributed by atoms with E-state index < -0.39 is 11.7 Å². The summed E-state index contributed by atoms with van der Waals surface area (Å²) in [7, 11) is 0. The van der Waals surface area contributed by atoms with Crippen molar-refractivity contribution in [2.24, 2.45) is 0 Å². The molecule has 4 rings (SSSR count). The lowest BCUT2D eigenvalue weighted by molar-refractivity contribution is 0.102. The highest BCUT2D eigenvalue weighted by molar-refractivity contribution is 6.03. The molecule has 0 atom stereocenters. The number of nitrogens with one attached hydrogen (secondary N) is 2. The van der Waals surface area contributed by atoms with Gasteiger partial charge in [-0.2, -0.15) is 0 Å². The van der Waals surface area contributed by atoms with Crippen molar-refractivity contribution in [3.8, 4) is 0 Å². The molecule has 3 aromatic rings. The monoisotopic (exact) mass is 395 g/mol. The molecule has 0 unspecified atom stereocenters. The lowest BCUT2D eigenvalue weighted by atomic mass is 9.66. The average molecular weight is 395 g/mol. The van der Waals surface area contributed by atoms with Gasteiger partial charge in [-0.1, -0.05) is 12.5 Å². The third kappa shape index (κ3) is 4.06. The molecule has 1 aliphatic carbocycles. The van der Waals surface area contributed by atoms with Crippen LogP contribution >= 0.6 is 0 Å². The summed E-state index contributed by atoms with van der Waals surface area (Å²) in [6, 6.07) is 8.62. The molecule has 29 heavy (non-hydrogen) atoms. The van der Waals surface area contributed by atoms with Crippen LogP contribution in [0.25, 0.3) is 0 Å². The van der Waals surface area contributed by atoms with Crippen molar-refractivity contribution in [3.05, 3.63) is 77.9 Å². The van der Waals surface area contributed by atoms with Crippen LogP contribution in [0.1, 0.15) is 35.3 Å². The Morgan fingerprint density at radius 2 is 1.86 bits per heavy atom. The second-order valence-electron chi connectivity index (χ2n) is 7.08. The smallest absolute Gasteiger partial charge is 0.258 e. The fourth-order valence-corrected chi connectivity index (χ4v) is 3.43. The lowest BCUT2D eigenvalue weighted by Gasteiger charge is -2.41. The SMILES string of the molecule is O=C(Nc1cccc(F)c1)c1cnc(NCC2(c3ncccc3F)CCC2)nc1. The van der Waals surface area contributed by atoms with E-state index in [1.54, 1.807) is 18.3 Å². The number of hydrogen-bond acceptors (Lipinski definition) is 5. The van der Waals surface area contributed by atoms with Gasteiger partial charge in [0, 0.05) is 36.2 Å². The van der Waals surface area contributed by atoms with Crippen LogP contribution in [0.4, 0.5) is 20.4 Å². The molecule has 0 spiro atoms. The molecule has 148 valence electrons.